The van der Waals surface area contributed by atoms with Gasteiger partial charge in [0.05, 0.1) is 30.8 Å². The predicted octanol–water partition coefficient (Wildman–Crippen LogP) is 4.11. The van der Waals surface area contributed by atoms with E-state index in [4.69, 9.17) is 4.42 Å². The molecule has 7 heteroatoms. The maximum absolute atomic E-state index is 12.4. The molecule has 200 valence electrons. The van der Waals surface area contributed by atoms with E-state index in [2.05, 4.69) is 31.3 Å². The van der Waals surface area contributed by atoms with Gasteiger partial charge in [-0.25, -0.2) is 5.43 Å². The maximum Gasteiger partial charge on any atom is 0.240 e. The van der Waals surface area contributed by atoms with Gasteiger partial charge in [-0.1, -0.05) is 20.8 Å². The van der Waals surface area contributed by atoms with E-state index >= 15 is 0 Å². The Labute approximate surface area is 214 Å². The molecular formula is C29H44N2O5. The molecule has 0 spiro atoms. The number of rotatable bonds is 6. The number of nitrogens with one attached hydrogen (secondary N) is 1. The normalized spacial score (nSPS) is 45.1. The van der Waals surface area contributed by atoms with E-state index in [0.29, 0.717) is 41.8 Å². The number of nitrogens with zero attached hydrogens (tertiary/aromatic N) is 1. The van der Waals surface area contributed by atoms with Crippen molar-refractivity contribution < 1.29 is 24.5 Å². The third kappa shape index (κ3) is 4.35. The molecule has 4 aliphatic rings. The highest BCUT2D eigenvalue weighted by molar-refractivity contribution is 5.80. The highest BCUT2D eigenvalue weighted by Gasteiger charge is 2.65. The predicted molar refractivity (Wildman–Crippen MR) is 137 cm³/mol. The molecule has 0 aliphatic heterocycles. The van der Waals surface area contributed by atoms with Gasteiger partial charge in [0.1, 0.15) is 5.76 Å². The Kier molecular flexibility index (Phi) is 7.12. The molecular weight excluding hydrogens is 456 g/mol. The van der Waals surface area contributed by atoms with Crippen molar-refractivity contribution in [3.8, 4) is 0 Å². The first-order valence-electron chi connectivity index (χ1n) is 14.0. The van der Waals surface area contributed by atoms with Crippen molar-refractivity contribution in [3.05, 3.63) is 24.2 Å². The van der Waals surface area contributed by atoms with E-state index < -0.39 is 6.10 Å². The van der Waals surface area contributed by atoms with Crippen LogP contribution in [0.1, 0.15) is 84.3 Å². The molecule has 0 unspecified atom stereocenters. The van der Waals surface area contributed by atoms with Crippen molar-refractivity contribution in [2.24, 2.45) is 51.4 Å². The summed E-state index contributed by atoms with van der Waals surface area (Å²) in [6.07, 6.45) is 9.35. The van der Waals surface area contributed by atoms with E-state index in [1.54, 1.807) is 18.4 Å². The van der Waals surface area contributed by atoms with Gasteiger partial charge in [0, 0.05) is 6.42 Å². The second kappa shape index (κ2) is 9.88. The Morgan fingerprint density at radius 1 is 1.19 bits per heavy atom. The van der Waals surface area contributed by atoms with Crippen molar-refractivity contribution >= 4 is 12.1 Å². The van der Waals surface area contributed by atoms with Crippen LogP contribution in [-0.2, 0) is 4.79 Å². The zero-order valence-electron chi connectivity index (χ0n) is 22.0. The lowest BCUT2D eigenvalue weighted by molar-refractivity contribution is -0.207. The number of amides is 1. The number of aliphatic hydroxyl groups is 3. The number of carbonyl (C=O) groups is 1. The van der Waals surface area contributed by atoms with Gasteiger partial charge in [0.2, 0.25) is 5.91 Å². The first-order valence-corrected chi connectivity index (χ1v) is 14.0. The van der Waals surface area contributed by atoms with E-state index in [9.17, 15) is 20.1 Å². The fraction of sp³-hybridized carbons (Fsp3) is 0.793. The fourth-order valence-corrected chi connectivity index (χ4v) is 9.28. The van der Waals surface area contributed by atoms with Crippen LogP contribution >= 0.6 is 0 Å². The Balaban J connectivity index is 1.25. The molecule has 4 fully saturated rings. The van der Waals surface area contributed by atoms with Gasteiger partial charge in [-0.2, -0.15) is 5.10 Å². The van der Waals surface area contributed by atoms with Crippen molar-refractivity contribution in [2.45, 2.75) is 96.9 Å². The molecule has 36 heavy (non-hydrogen) atoms. The molecule has 1 amide bonds. The van der Waals surface area contributed by atoms with Crippen LogP contribution < -0.4 is 5.43 Å². The van der Waals surface area contributed by atoms with Crippen LogP contribution in [0.5, 0.6) is 0 Å². The second-order valence-corrected chi connectivity index (χ2v) is 12.9. The maximum atomic E-state index is 12.4. The van der Waals surface area contributed by atoms with Gasteiger partial charge in [-0.05, 0) is 110 Å². The zero-order chi connectivity index (χ0) is 25.7. The molecule has 4 saturated carbocycles. The third-order valence-corrected chi connectivity index (χ3v) is 11.3. The number of aliphatic hydroxyl groups excluding tert-OH is 3. The highest BCUT2D eigenvalue weighted by atomic mass is 16.3. The highest BCUT2D eigenvalue weighted by Crippen LogP contribution is 2.68. The van der Waals surface area contributed by atoms with Crippen LogP contribution in [0.4, 0.5) is 0 Å². The quantitative estimate of drug-likeness (QED) is 0.347. The summed E-state index contributed by atoms with van der Waals surface area (Å²) in [5.74, 6) is 2.24. The van der Waals surface area contributed by atoms with Crippen LogP contribution in [0.2, 0.25) is 0 Å². The Morgan fingerprint density at radius 2 is 2.00 bits per heavy atom. The monoisotopic (exact) mass is 500 g/mol. The molecule has 0 radical (unpaired) electrons. The molecule has 4 N–H and O–H groups in total. The first kappa shape index (κ1) is 25.9. The van der Waals surface area contributed by atoms with E-state index in [1.807, 2.05) is 0 Å². The van der Waals surface area contributed by atoms with Gasteiger partial charge in [0.15, 0.2) is 0 Å². The molecule has 7 nitrogen and oxygen atoms in total. The van der Waals surface area contributed by atoms with Crippen LogP contribution in [-0.4, -0.2) is 45.8 Å². The second-order valence-electron chi connectivity index (χ2n) is 12.9. The summed E-state index contributed by atoms with van der Waals surface area (Å²) in [6, 6.07) is 3.54. The summed E-state index contributed by atoms with van der Waals surface area (Å²) >= 11 is 0. The van der Waals surface area contributed by atoms with Gasteiger partial charge >= 0.3 is 0 Å². The molecule has 0 bridgehead atoms. The Bertz CT molecular complexity index is 949. The van der Waals surface area contributed by atoms with E-state index in [-0.39, 0.29) is 34.9 Å². The number of hydrazone groups is 1. The number of carbonyl (C=O) groups excluding carboxylic acids is 1. The van der Waals surface area contributed by atoms with E-state index in [1.165, 1.54) is 6.21 Å². The van der Waals surface area contributed by atoms with Crippen molar-refractivity contribution in [1.82, 2.24) is 5.43 Å². The smallest absolute Gasteiger partial charge is 0.240 e. The summed E-state index contributed by atoms with van der Waals surface area (Å²) in [6.45, 7) is 6.84. The summed E-state index contributed by atoms with van der Waals surface area (Å²) in [4.78, 5) is 12.4. The Morgan fingerprint density at radius 3 is 2.75 bits per heavy atom. The third-order valence-electron chi connectivity index (χ3n) is 11.3. The van der Waals surface area contributed by atoms with Crippen molar-refractivity contribution in [2.75, 3.05) is 0 Å². The number of fused-ring (bicyclic) bond motifs is 5. The minimum absolute atomic E-state index is 0.0867. The number of hydrogen-bond donors (Lipinski definition) is 4. The average molecular weight is 501 g/mol. The lowest BCUT2D eigenvalue weighted by atomic mass is 9.43. The molecule has 1 heterocycles. The lowest BCUT2D eigenvalue weighted by Crippen LogP contribution is -2.62. The SMILES string of the molecule is C[C@H](CCC(=O)N/N=C/c1ccco1)[C@H]1CC[C@H]2[C@@H]3[C@H](O)C[C@@H]4C[C@H](O)CC[C@]4(C)[C@H]3C[C@H](O)[C@]12C. The summed E-state index contributed by atoms with van der Waals surface area (Å²) in [5.41, 5.74) is 2.43. The first-order chi connectivity index (χ1) is 17.1. The van der Waals surface area contributed by atoms with Crippen molar-refractivity contribution in [1.29, 1.82) is 0 Å². The van der Waals surface area contributed by atoms with Gasteiger partial charge in [-0.15, -0.1) is 0 Å². The number of hydrogen-bond acceptors (Lipinski definition) is 6. The zero-order valence-corrected chi connectivity index (χ0v) is 22.0. The minimum Gasteiger partial charge on any atom is -0.463 e. The summed E-state index contributed by atoms with van der Waals surface area (Å²) in [7, 11) is 0. The topological polar surface area (TPSA) is 115 Å². The van der Waals surface area contributed by atoms with Gasteiger partial charge < -0.3 is 19.7 Å². The average Bonchev–Trinajstić information content (AvgIpc) is 3.48. The number of furan rings is 1. The standard InChI is InChI=1S/C29H44N2O5/c1-17(6-9-26(35)31-30-16-20-5-4-12-36-20)21-7-8-22-27-23(15-25(34)29(21,22)3)28(2)11-10-19(32)13-18(28)14-24(27)33/h4-5,12,16-19,21-25,27,32-34H,6-11,13-15H2,1-3H3,(H,31,35)/b30-16+/t17-,18+,19-,21-,22+,23+,24-,25+,27+,28+,29-/m1/s1. The van der Waals surface area contributed by atoms with Gasteiger partial charge in [-0.3, -0.25) is 4.79 Å². The Hall–Kier alpha value is -1.70. The van der Waals surface area contributed by atoms with E-state index in [0.717, 1.165) is 51.4 Å². The largest absolute Gasteiger partial charge is 0.463 e. The minimum atomic E-state index is -0.403. The molecule has 1 aromatic rings. The summed E-state index contributed by atoms with van der Waals surface area (Å²) < 4.78 is 5.18. The van der Waals surface area contributed by atoms with Crippen LogP contribution in [0.3, 0.4) is 0 Å². The molecule has 1 aromatic heterocycles. The summed E-state index contributed by atoms with van der Waals surface area (Å²) in [5, 5.41) is 37.4. The van der Waals surface area contributed by atoms with Crippen molar-refractivity contribution in [3.63, 3.8) is 0 Å². The van der Waals surface area contributed by atoms with Crippen LogP contribution in [0, 0.1) is 46.3 Å². The molecule has 0 aromatic carbocycles. The lowest BCUT2D eigenvalue weighted by Gasteiger charge is -2.63. The van der Waals surface area contributed by atoms with Gasteiger partial charge in [0.25, 0.3) is 0 Å². The molecule has 5 rings (SSSR count). The molecule has 11 atom stereocenters. The molecule has 4 aliphatic carbocycles. The van der Waals surface area contributed by atoms with Crippen LogP contribution in [0.15, 0.2) is 27.9 Å². The van der Waals surface area contributed by atoms with Crippen LogP contribution in [0.25, 0.3) is 0 Å². The molecule has 0 saturated heterocycles. The fourth-order valence-electron chi connectivity index (χ4n) is 9.28.